The van der Waals surface area contributed by atoms with E-state index < -0.39 is 21.8 Å². The Balaban J connectivity index is 2.86. The third-order valence-electron chi connectivity index (χ3n) is 1.36. The molecular weight excluding hydrogens is 197 g/mol. The van der Waals surface area contributed by atoms with Gasteiger partial charge in [-0.1, -0.05) is 4.48 Å². The van der Waals surface area contributed by atoms with Crippen LogP contribution in [0.4, 0.5) is 13.4 Å². The fraction of sp³-hybridized carbons (Fsp3) is 0.600. The molecule has 0 saturated heterocycles. The van der Waals surface area contributed by atoms with Crippen LogP contribution in [0, 0.1) is 0 Å². The molecule has 70 valence electrons. The first-order valence-electron chi connectivity index (χ1n) is 2.99. The molecule has 12 heavy (non-hydrogen) atoms. The van der Waals surface area contributed by atoms with Gasteiger partial charge >= 0.3 is 5.38 Å². The molecule has 0 N–H and O–H groups in total. The van der Waals surface area contributed by atoms with Gasteiger partial charge in [-0.15, -0.1) is 4.48 Å². The molecule has 1 aliphatic heterocycles. The Bertz CT molecular complexity index is 201. The van der Waals surface area contributed by atoms with Crippen LogP contribution < -0.4 is 0 Å². The number of hydrogen-bond acceptors (Lipinski definition) is 3. The van der Waals surface area contributed by atoms with Crippen molar-refractivity contribution < 1.29 is 18.1 Å². The van der Waals surface area contributed by atoms with Crippen molar-refractivity contribution in [1.82, 2.24) is 10.2 Å². The third kappa shape index (κ3) is 1.37. The van der Waals surface area contributed by atoms with Gasteiger partial charge < -0.3 is 4.74 Å². The minimum Gasteiger partial charge on any atom is -0.360 e. The van der Waals surface area contributed by atoms with Crippen molar-refractivity contribution >= 4 is 11.6 Å². The van der Waals surface area contributed by atoms with Gasteiger partial charge in [-0.3, -0.25) is 0 Å². The molecule has 0 spiro atoms. The standard InChI is InChI=1S/C5H6ClF3N2O/c1-12-4-2-3-10(8)5(6,7)11(4)9/h2-4H,1H3. The van der Waals surface area contributed by atoms with E-state index >= 15 is 0 Å². The molecule has 0 amide bonds. The van der Waals surface area contributed by atoms with E-state index in [0.29, 0.717) is 6.20 Å². The highest BCUT2D eigenvalue weighted by molar-refractivity contribution is 6.22. The molecule has 1 aliphatic rings. The van der Waals surface area contributed by atoms with Crippen LogP contribution in [-0.2, 0) is 4.74 Å². The van der Waals surface area contributed by atoms with Crippen molar-refractivity contribution in [2.45, 2.75) is 11.6 Å². The van der Waals surface area contributed by atoms with Gasteiger partial charge in [0, 0.05) is 13.3 Å². The molecule has 1 rings (SSSR count). The summed E-state index contributed by atoms with van der Waals surface area (Å²) in [4.78, 5) is 0. The first kappa shape index (κ1) is 9.63. The van der Waals surface area contributed by atoms with Gasteiger partial charge in [-0.25, -0.2) is 0 Å². The molecule has 0 aromatic rings. The van der Waals surface area contributed by atoms with Crippen molar-refractivity contribution in [2.75, 3.05) is 7.11 Å². The number of methoxy groups -OCH3 is 1. The fourth-order valence-electron chi connectivity index (χ4n) is 0.730. The van der Waals surface area contributed by atoms with E-state index in [-0.39, 0.29) is 0 Å². The second-order valence-corrected chi connectivity index (χ2v) is 2.58. The van der Waals surface area contributed by atoms with Crippen LogP contribution in [0.15, 0.2) is 12.3 Å². The Hall–Kier alpha value is -0.460. The number of ether oxygens (including phenoxy) is 1. The van der Waals surface area contributed by atoms with Crippen molar-refractivity contribution in [2.24, 2.45) is 0 Å². The van der Waals surface area contributed by atoms with Crippen LogP contribution in [0.3, 0.4) is 0 Å². The van der Waals surface area contributed by atoms with E-state index in [9.17, 15) is 13.4 Å². The predicted octanol–water partition coefficient (Wildman–Crippen LogP) is 1.68. The first-order valence-corrected chi connectivity index (χ1v) is 3.37. The number of halogens is 4. The maximum atomic E-state index is 12.8. The average Bonchev–Trinajstić information content (AvgIpc) is 2.02. The number of rotatable bonds is 1. The average molecular weight is 203 g/mol. The maximum Gasteiger partial charge on any atom is 0.373 e. The molecular formula is C5H6ClF3N2O. The highest BCUT2D eigenvalue weighted by Crippen LogP contribution is 2.34. The van der Waals surface area contributed by atoms with E-state index in [1.165, 1.54) is 0 Å². The first-order chi connectivity index (χ1) is 5.50. The maximum absolute atomic E-state index is 12.8. The lowest BCUT2D eigenvalue weighted by molar-refractivity contribution is -0.283. The lowest BCUT2D eigenvalue weighted by atomic mass is 10.4. The number of alkyl halides is 2. The summed E-state index contributed by atoms with van der Waals surface area (Å²) in [5.74, 6) is 0. The van der Waals surface area contributed by atoms with Crippen LogP contribution in [-0.4, -0.2) is 29.0 Å². The van der Waals surface area contributed by atoms with Crippen LogP contribution in [0.25, 0.3) is 0 Å². The Kier molecular flexibility index (Phi) is 2.50. The topological polar surface area (TPSA) is 15.7 Å². The normalized spacial score (nSPS) is 37.4. The van der Waals surface area contributed by atoms with Gasteiger partial charge in [0.15, 0.2) is 6.23 Å². The van der Waals surface area contributed by atoms with Crippen molar-refractivity contribution in [3.8, 4) is 0 Å². The minimum atomic E-state index is -3.34. The molecule has 0 aromatic heterocycles. The van der Waals surface area contributed by atoms with E-state index in [0.717, 1.165) is 13.2 Å². The second-order valence-electron chi connectivity index (χ2n) is 2.10. The fourth-order valence-corrected chi connectivity index (χ4v) is 0.882. The zero-order valence-corrected chi connectivity index (χ0v) is 6.80. The quantitative estimate of drug-likeness (QED) is 0.366. The summed E-state index contributed by atoms with van der Waals surface area (Å²) in [5.41, 5.74) is 0. The minimum absolute atomic E-state index is 0.589. The third-order valence-corrected chi connectivity index (χ3v) is 1.68. The lowest BCUT2D eigenvalue weighted by Gasteiger charge is -2.34. The molecule has 2 unspecified atom stereocenters. The molecule has 0 aliphatic carbocycles. The number of hydrogen-bond donors (Lipinski definition) is 0. The molecule has 0 saturated carbocycles. The van der Waals surface area contributed by atoms with Gasteiger partial charge in [-0.2, -0.15) is 9.51 Å². The molecule has 0 fully saturated rings. The summed E-state index contributed by atoms with van der Waals surface area (Å²) in [6.07, 6.45) is 0.303. The summed E-state index contributed by atoms with van der Waals surface area (Å²) in [6.45, 7) is 0. The van der Waals surface area contributed by atoms with Gasteiger partial charge in [0.2, 0.25) is 0 Å². The van der Waals surface area contributed by atoms with Crippen molar-refractivity contribution in [3.05, 3.63) is 12.3 Å². The zero-order chi connectivity index (χ0) is 9.35. The smallest absolute Gasteiger partial charge is 0.360 e. The highest BCUT2D eigenvalue weighted by atomic mass is 35.5. The van der Waals surface area contributed by atoms with Crippen LogP contribution in [0.1, 0.15) is 0 Å². The Morgan fingerprint density at radius 2 is 2.17 bits per heavy atom. The van der Waals surface area contributed by atoms with E-state index in [1.807, 2.05) is 0 Å². The van der Waals surface area contributed by atoms with Crippen molar-refractivity contribution in [3.63, 3.8) is 0 Å². The summed E-state index contributed by atoms with van der Waals surface area (Å²) in [6, 6.07) is 0. The van der Waals surface area contributed by atoms with E-state index in [2.05, 4.69) is 4.74 Å². The van der Waals surface area contributed by atoms with Gasteiger partial charge in [0.1, 0.15) is 0 Å². The molecule has 0 bridgehead atoms. The Morgan fingerprint density at radius 3 is 2.67 bits per heavy atom. The van der Waals surface area contributed by atoms with Crippen molar-refractivity contribution in [1.29, 1.82) is 0 Å². The van der Waals surface area contributed by atoms with Crippen LogP contribution in [0.5, 0.6) is 0 Å². The zero-order valence-electron chi connectivity index (χ0n) is 6.05. The van der Waals surface area contributed by atoms with Crippen LogP contribution >= 0.6 is 11.6 Å². The van der Waals surface area contributed by atoms with Gasteiger partial charge in [0.05, 0.1) is 0 Å². The van der Waals surface area contributed by atoms with E-state index in [4.69, 9.17) is 11.6 Å². The molecule has 2 atom stereocenters. The highest BCUT2D eigenvalue weighted by Gasteiger charge is 2.48. The molecule has 3 nitrogen and oxygen atoms in total. The molecule has 0 aromatic carbocycles. The van der Waals surface area contributed by atoms with E-state index in [1.54, 1.807) is 0 Å². The Labute approximate surface area is 71.8 Å². The summed E-state index contributed by atoms with van der Waals surface area (Å²) in [7, 11) is 1.14. The van der Waals surface area contributed by atoms with Gasteiger partial charge in [0.25, 0.3) is 0 Å². The molecule has 1 heterocycles. The SMILES string of the molecule is COC1C=CN(F)C(F)(Cl)N1F. The number of nitrogens with zero attached hydrogens (tertiary/aromatic N) is 2. The van der Waals surface area contributed by atoms with Crippen LogP contribution in [0.2, 0.25) is 0 Å². The predicted molar refractivity (Wildman–Crippen MR) is 35.5 cm³/mol. The summed E-state index contributed by atoms with van der Waals surface area (Å²) < 4.78 is 42.4. The Morgan fingerprint density at radius 1 is 1.58 bits per heavy atom. The lowest BCUT2D eigenvalue weighted by Crippen LogP contribution is -2.51. The second kappa shape index (κ2) is 3.12. The van der Waals surface area contributed by atoms with Gasteiger partial charge in [-0.05, 0) is 22.8 Å². The monoisotopic (exact) mass is 202 g/mol. The molecule has 7 heteroatoms. The molecule has 0 radical (unpaired) electrons. The largest absolute Gasteiger partial charge is 0.373 e. The summed E-state index contributed by atoms with van der Waals surface area (Å²) >= 11 is 4.85. The summed E-state index contributed by atoms with van der Waals surface area (Å²) in [5, 5.41) is -4.53.